The number of ether oxygens (including phenoxy) is 1. The quantitative estimate of drug-likeness (QED) is 0.425. The Morgan fingerprint density at radius 1 is 0.839 bits per heavy atom. The summed E-state index contributed by atoms with van der Waals surface area (Å²) in [6, 6.07) is 15.2. The van der Waals surface area contributed by atoms with Crippen LogP contribution < -0.4 is 5.32 Å². The van der Waals surface area contributed by atoms with E-state index in [1.54, 1.807) is 11.7 Å². The molecule has 0 radical (unpaired) electrons. The Morgan fingerprint density at radius 2 is 1.42 bits per heavy atom. The van der Waals surface area contributed by atoms with E-state index < -0.39 is 18.0 Å². The van der Waals surface area contributed by atoms with Crippen molar-refractivity contribution in [2.75, 3.05) is 7.11 Å². The van der Waals surface area contributed by atoms with Gasteiger partial charge in [-0.2, -0.15) is 0 Å². The second kappa shape index (κ2) is 5.39. The van der Waals surface area contributed by atoms with Crippen LogP contribution in [-0.4, -0.2) is 34.0 Å². The van der Waals surface area contributed by atoms with Gasteiger partial charge in [-0.15, -0.1) is 0 Å². The van der Waals surface area contributed by atoms with Gasteiger partial charge in [0.2, 0.25) is 5.91 Å². The summed E-state index contributed by atoms with van der Waals surface area (Å²) in [6.07, 6.45) is -0.396. The summed E-state index contributed by atoms with van der Waals surface area (Å²) in [7, 11) is 1.58. The highest BCUT2D eigenvalue weighted by atomic mass is 16.5. The number of hydrogen-bond acceptors (Lipinski definition) is 4. The molecule has 3 aromatic carbocycles. The van der Waals surface area contributed by atoms with Gasteiger partial charge in [-0.05, 0) is 12.1 Å². The van der Waals surface area contributed by atoms with Crippen molar-refractivity contribution >= 4 is 61.3 Å². The first kappa shape index (κ1) is 16.8. The van der Waals surface area contributed by atoms with Crippen LogP contribution in [0.4, 0.5) is 0 Å². The van der Waals surface area contributed by atoms with Crippen LogP contribution in [0.2, 0.25) is 0 Å². The summed E-state index contributed by atoms with van der Waals surface area (Å²) >= 11 is 0. The Labute approximate surface area is 174 Å². The monoisotopic (exact) mass is 409 g/mol. The number of carbonyl (C=O) groups excluding carboxylic acids is 3. The third-order valence-corrected chi connectivity index (χ3v) is 6.60. The fraction of sp³-hybridized carbons (Fsp3) is 0.125. The average Bonchev–Trinajstić information content (AvgIpc) is 3.36. The molecule has 7 rings (SSSR count). The Morgan fingerprint density at radius 3 is 2.10 bits per heavy atom. The number of nitrogens with zero attached hydrogens (tertiary/aromatic N) is 2. The second-order valence-corrected chi connectivity index (χ2v) is 8.01. The maximum atomic E-state index is 13.5. The molecule has 1 atom stereocenters. The number of methoxy groups -OCH3 is 1. The minimum absolute atomic E-state index is 0.114. The van der Waals surface area contributed by atoms with Gasteiger partial charge in [-0.25, -0.2) is 0 Å². The van der Waals surface area contributed by atoms with Crippen LogP contribution in [-0.2, 0) is 4.74 Å². The van der Waals surface area contributed by atoms with Crippen molar-refractivity contribution < 1.29 is 19.1 Å². The van der Waals surface area contributed by atoms with Crippen LogP contribution >= 0.6 is 0 Å². The van der Waals surface area contributed by atoms with Crippen molar-refractivity contribution in [2.24, 2.45) is 0 Å². The number of amides is 2. The molecule has 4 heterocycles. The maximum Gasteiger partial charge on any atom is 0.259 e. The second-order valence-electron chi connectivity index (χ2n) is 8.01. The zero-order valence-corrected chi connectivity index (χ0v) is 16.4. The van der Waals surface area contributed by atoms with Gasteiger partial charge in [0.15, 0.2) is 0 Å². The first-order valence-electron chi connectivity index (χ1n) is 10.0. The molecule has 7 nitrogen and oxygen atoms in total. The summed E-state index contributed by atoms with van der Waals surface area (Å²) in [5, 5.41) is 5.43. The third-order valence-electron chi connectivity index (χ3n) is 6.60. The van der Waals surface area contributed by atoms with Crippen LogP contribution in [0.15, 0.2) is 48.5 Å². The van der Waals surface area contributed by atoms with Crippen LogP contribution in [0.25, 0.3) is 43.6 Å². The molecule has 0 unspecified atom stereocenters. The van der Waals surface area contributed by atoms with Gasteiger partial charge in [0.25, 0.3) is 11.8 Å². The summed E-state index contributed by atoms with van der Waals surface area (Å²) in [4.78, 5) is 39.4. The number of benzene rings is 3. The number of aromatic nitrogens is 2. The van der Waals surface area contributed by atoms with Crippen molar-refractivity contribution in [3.8, 4) is 0 Å². The topological polar surface area (TPSA) is 82.3 Å². The van der Waals surface area contributed by atoms with E-state index in [4.69, 9.17) is 4.74 Å². The highest BCUT2D eigenvalue weighted by Gasteiger charge is 2.39. The minimum atomic E-state index is -0.532. The van der Waals surface area contributed by atoms with E-state index in [1.165, 1.54) is 0 Å². The molecule has 5 aromatic rings. The molecule has 0 bridgehead atoms. The zero-order valence-electron chi connectivity index (χ0n) is 16.4. The molecule has 0 fully saturated rings. The van der Waals surface area contributed by atoms with Gasteiger partial charge in [0, 0.05) is 28.7 Å². The largest absolute Gasteiger partial charge is 0.361 e. The molecule has 31 heavy (non-hydrogen) atoms. The van der Waals surface area contributed by atoms with Crippen molar-refractivity contribution in [1.29, 1.82) is 0 Å². The highest BCUT2D eigenvalue weighted by molar-refractivity contribution is 6.40. The van der Waals surface area contributed by atoms with Gasteiger partial charge < -0.3 is 9.30 Å². The lowest BCUT2D eigenvalue weighted by atomic mass is 9.96. The van der Waals surface area contributed by atoms with Gasteiger partial charge in [-0.1, -0.05) is 36.4 Å². The molecule has 2 aliphatic heterocycles. The van der Waals surface area contributed by atoms with Crippen LogP contribution in [0.5, 0.6) is 0 Å². The normalized spacial score (nSPS) is 18.0. The molecule has 0 saturated heterocycles. The van der Waals surface area contributed by atoms with E-state index in [9.17, 15) is 14.4 Å². The van der Waals surface area contributed by atoms with E-state index in [0.29, 0.717) is 27.4 Å². The lowest BCUT2D eigenvalue weighted by Gasteiger charge is -2.17. The lowest BCUT2D eigenvalue weighted by molar-refractivity contribution is 0.0384. The predicted molar refractivity (Wildman–Crippen MR) is 116 cm³/mol. The molecular weight excluding hydrogens is 394 g/mol. The average molecular weight is 409 g/mol. The van der Waals surface area contributed by atoms with Gasteiger partial charge in [0.05, 0.1) is 39.6 Å². The fourth-order valence-electron chi connectivity index (χ4n) is 5.48. The molecule has 150 valence electrons. The number of nitrogens with one attached hydrogen (secondary N) is 1. The number of carbonyl (C=O) groups is 3. The van der Waals surface area contributed by atoms with Crippen LogP contribution in [0.3, 0.4) is 0 Å². The van der Waals surface area contributed by atoms with E-state index in [0.717, 1.165) is 27.3 Å². The van der Waals surface area contributed by atoms with E-state index in [1.807, 2.05) is 53.1 Å². The lowest BCUT2D eigenvalue weighted by Crippen LogP contribution is -2.20. The SMILES string of the molecule is CO[C@H]1CC(=O)n2c3ccccc3c3c4c(c5c6ccccc6n1c5c32)C(=O)NC4=O. The van der Waals surface area contributed by atoms with E-state index in [-0.39, 0.29) is 12.3 Å². The first-order chi connectivity index (χ1) is 15.1. The van der Waals surface area contributed by atoms with E-state index >= 15 is 0 Å². The molecule has 0 aliphatic carbocycles. The molecule has 2 aromatic heterocycles. The zero-order chi connectivity index (χ0) is 21.0. The first-order valence-corrected chi connectivity index (χ1v) is 10.0. The maximum absolute atomic E-state index is 13.5. The Balaban J connectivity index is 1.94. The summed E-state index contributed by atoms with van der Waals surface area (Å²) in [5.74, 6) is -0.954. The molecule has 1 N–H and O–H groups in total. The molecule has 0 saturated carbocycles. The molecular formula is C24H15N3O4. The number of imide groups is 1. The van der Waals surface area contributed by atoms with E-state index in [2.05, 4.69) is 5.32 Å². The smallest absolute Gasteiger partial charge is 0.259 e. The van der Waals surface area contributed by atoms with Crippen molar-refractivity contribution in [3.05, 3.63) is 59.7 Å². The number of rotatable bonds is 1. The van der Waals surface area contributed by atoms with Gasteiger partial charge in [0.1, 0.15) is 6.23 Å². The Bertz CT molecular complexity index is 1690. The highest BCUT2D eigenvalue weighted by Crippen LogP contribution is 2.47. The van der Waals surface area contributed by atoms with Crippen molar-refractivity contribution in [3.63, 3.8) is 0 Å². The predicted octanol–water partition coefficient (Wildman–Crippen LogP) is 3.97. The summed E-state index contributed by atoms with van der Waals surface area (Å²) in [6.45, 7) is 0. The van der Waals surface area contributed by atoms with Gasteiger partial charge >= 0.3 is 0 Å². The molecule has 0 spiro atoms. The summed E-state index contributed by atoms with van der Waals surface area (Å²) in [5.41, 5.74) is 3.69. The molecule has 7 heteroatoms. The molecule has 2 amide bonds. The summed E-state index contributed by atoms with van der Waals surface area (Å²) < 4.78 is 9.47. The fourth-order valence-corrected chi connectivity index (χ4v) is 5.48. The number of hydrogen-bond donors (Lipinski definition) is 1. The Kier molecular flexibility index (Phi) is 2.92. The van der Waals surface area contributed by atoms with Crippen molar-refractivity contribution in [1.82, 2.24) is 14.5 Å². The molecule has 2 aliphatic rings. The minimum Gasteiger partial charge on any atom is -0.361 e. The third kappa shape index (κ3) is 1.77. The standard InChI is InChI=1S/C24H15N3O4/c1-31-16-10-15(28)26-13-8-4-2-6-11(13)17-19-20(24(30)25-23(19)29)18-12-7-3-5-9-14(12)27(16)22(18)21(17)26/h2-9,16H,10H2,1H3,(H,25,29,30)/t16-/m0/s1. The number of para-hydroxylation sites is 2. The van der Waals surface area contributed by atoms with Crippen molar-refractivity contribution in [2.45, 2.75) is 12.6 Å². The Hall–Kier alpha value is -3.97. The van der Waals surface area contributed by atoms with Crippen LogP contribution in [0.1, 0.15) is 38.2 Å². The van der Waals surface area contributed by atoms with Gasteiger partial charge in [-0.3, -0.25) is 24.3 Å². The van der Waals surface area contributed by atoms with Crippen LogP contribution in [0, 0.1) is 0 Å². The number of fused-ring (bicyclic) bond motifs is 9.